The lowest BCUT2D eigenvalue weighted by molar-refractivity contribution is -0.00439. The van der Waals surface area contributed by atoms with Gasteiger partial charge in [0, 0.05) is 50.4 Å². The van der Waals surface area contributed by atoms with Crippen LogP contribution in [0, 0.1) is 0 Å². The fourth-order valence-corrected chi connectivity index (χ4v) is 6.55. The molecule has 2 atom stereocenters. The molecule has 11 heteroatoms. The molecule has 3 fully saturated rings. The zero-order valence-electron chi connectivity index (χ0n) is 23.1. The van der Waals surface area contributed by atoms with Crippen molar-refractivity contribution in [1.29, 1.82) is 0 Å². The molecule has 0 bridgehead atoms. The number of carboxylic acid groups (broad SMARTS) is 1. The average molecular weight is 545 g/mol. The van der Waals surface area contributed by atoms with Crippen molar-refractivity contribution < 1.29 is 14.6 Å². The summed E-state index contributed by atoms with van der Waals surface area (Å²) >= 11 is 0. The van der Waals surface area contributed by atoms with Gasteiger partial charge in [0.25, 0.3) is 0 Å². The van der Waals surface area contributed by atoms with E-state index in [1.54, 1.807) is 0 Å². The number of fused-ring (bicyclic) bond motifs is 2. The van der Waals surface area contributed by atoms with E-state index in [9.17, 15) is 9.90 Å². The Bertz CT molecular complexity index is 1520. The summed E-state index contributed by atoms with van der Waals surface area (Å²) in [4.78, 5) is 33.3. The molecule has 0 spiro atoms. The van der Waals surface area contributed by atoms with Crippen molar-refractivity contribution in [2.75, 3.05) is 50.8 Å². The minimum Gasteiger partial charge on any atom is -0.475 e. The number of ether oxygens (including phenoxy) is 1. The van der Waals surface area contributed by atoms with Gasteiger partial charge in [-0.05, 0) is 50.2 Å². The lowest BCUT2D eigenvalue weighted by atomic mass is 9.96. The number of rotatable bonds is 4. The molecule has 2 aromatic rings. The van der Waals surface area contributed by atoms with E-state index in [-0.39, 0.29) is 18.0 Å². The number of anilines is 1. The smallest absolute Gasteiger partial charge is 0.374 e. The van der Waals surface area contributed by atoms with Crippen LogP contribution in [-0.2, 0) is 4.74 Å². The van der Waals surface area contributed by atoms with Gasteiger partial charge >= 0.3 is 5.97 Å². The number of amidine groups is 1. The summed E-state index contributed by atoms with van der Waals surface area (Å²) in [6.45, 7) is 12.4. The van der Waals surface area contributed by atoms with E-state index in [1.165, 1.54) is 6.42 Å². The third-order valence-corrected chi connectivity index (χ3v) is 8.99. The highest BCUT2D eigenvalue weighted by atomic mass is 16.5. The molecule has 2 unspecified atom stereocenters. The first kappa shape index (κ1) is 25.4. The van der Waals surface area contributed by atoms with Crippen molar-refractivity contribution in [3.05, 3.63) is 40.3 Å². The number of hydrogen-bond donors (Lipinski definition) is 1. The Morgan fingerprint density at radius 1 is 1.10 bits per heavy atom. The van der Waals surface area contributed by atoms with Gasteiger partial charge in [0.2, 0.25) is 5.82 Å². The summed E-state index contributed by atoms with van der Waals surface area (Å²) in [5, 5.41) is 16.6. The monoisotopic (exact) mass is 544 g/mol. The van der Waals surface area contributed by atoms with Crippen molar-refractivity contribution in [3.63, 3.8) is 0 Å². The number of aliphatic imine (C=N–C) groups is 1. The minimum absolute atomic E-state index is 0.0384. The summed E-state index contributed by atoms with van der Waals surface area (Å²) in [5.74, 6) is 1.42. The van der Waals surface area contributed by atoms with Gasteiger partial charge in [0.1, 0.15) is 17.8 Å². The highest BCUT2D eigenvalue weighted by Crippen LogP contribution is 2.38. The van der Waals surface area contributed by atoms with E-state index in [4.69, 9.17) is 14.8 Å². The van der Waals surface area contributed by atoms with Crippen LogP contribution in [0.3, 0.4) is 0 Å². The predicted octanol–water partition coefficient (Wildman–Crippen LogP) is 1.98. The Morgan fingerprint density at radius 3 is 2.67 bits per heavy atom. The molecule has 4 aliphatic heterocycles. The molecule has 210 valence electrons. The normalized spacial score (nSPS) is 25.1. The molecular formula is C29H36N8O3. The lowest BCUT2D eigenvalue weighted by Gasteiger charge is -2.41. The van der Waals surface area contributed by atoms with Crippen LogP contribution in [-0.4, -0.2) is 92.4 Å². The number of carboxylic acids is 1. The number of carbonyl (C=O) groups is 1. The predicted molar refractivity (Wildman–Crippen MR) is 151 cm³/mol. The second-order valence-corrected chi connectivity index (χ2v) is 11.4. The Morgan fingerprint density at radius 2 is 1.93 bits per heavy atom. The molecule has 7 rings (SSSR count). The number of morpholine rings is 1. The van der Waals surface area contributed by atoms with Gasteiger partial charge in [-0.3, -0.25) is 4.90 Å². The number of likely N-dealkylation sites (tertiary alicyclic amines) is 1. The average Bonchev–Trinajstić information content (AvgIpc) is 3.38. The maximum Gasteiger partial charge on any atom is 0.374 e. The van der Waals surface area contributed by atoms with E-state index >= 15 is 0 Å². The highest BCUT2D eigenvalue weighted by molar-refractivity contribution is 5.86. The third kappa shape index (κ3) is 4.32. The molecule has 1 N–H and O–H groups in total. The fraction of sp³-hybridized carbons (Fsp3) is 0.552. The standard InChI is InChI=1S/C29H36N8O3/c1-18-7-8-20-26(19(18)2)28(32-27(30-20)29(38)39)36-11-4-3-6-22(36)21-16-24-31-23(34-9-5-10-34)17-25(37(24)33-21)35-12-14-40-15-13-35/h8,16,22,25H,1,3-7,9-15,17H2,2H3,(H,38,39). The number of piperidine rings is 1. The van der Waals surface area contributed by atoms with Crippen LogP contribution in [0.15, 0.2) is 23.2 Å². The summed E-state index contributed by atoms with van der Waals surface area (Å²) < 4.78 is 7.77. The van der Waals surface area contributed by atoms with Crippen LogP contribution in [0.25, 0.3) is 11.6 Å². The van der Waals surface area contributed by atoms with E-state index in [0.29, 0.717) is 17.6 Å². The van der Waals surface area contributed by atoms with Gasteiger partial charge in [-0.25, -0.2) is 24.4 Å². The molecule has 2 aromatic heterocycles. The van der Waals surface area contributed by atoms with Gasteiger partial charge in [-0.2, -0.15) is 5.10 Å². The van der Waals surface area contributed by atoms with Crippen molar-refractivity contribution in [2.24, 2.45) is 4.99 Å². The van der Waals surface area contributed by atoms with Crippen LogP contribution in [0.1, 0.15) is 74.0 Å². The van der Waals surface area contributed by atoms with Crippen LogP contribution < -0.4 is 15.5 Å². The van der Waals surface area contributed by atoms with Crippen LogP contribution in [0.4, 0.5) is 11.6 Å². The Hall–Kier alpha value is -3.57. The van der Waals surface area contributed by atoms with E-state index < -0.39 is 5.97 Å². The minimum atomic E-state index is -1.12. The first-order valence-corrected chi connectivity index (χ1v) is 14.5. The second kappa shape index (κ2) is 10.1. The van der Waals surface area contributed by atoms with E-state index in [2.05, 4.69) is 42.0 Å². The lowest BCUT2D eigenvalue weighted by Crippen LogP contribution is -2.48. The van der Waals surface area contributed by atoms with Gasteiger partial charge < -0.3 is 19.6 Å². The maximum absolute atomic E-state index is 12.0. The molecule has 40 heavy (non-hydrogen) atoms. The van der Waals surface area contributed by atoms with Crippen LogP contribution in [0.2, 0.25) is 0 Å². The van der Waals surface area contributed by atoms with Crippen molar-refractivity contribution in [3.8, 4) is 0 Å². The fourth-order valence-electron chi connectivity index (χ4n) is 6.55. The van der Waals surface area contributed by atoms with Gasteiger partial charge in [-0.15, -0.1) is 0 Å². The maximum atomic E-state index is 12.0. The Kier molecular flexibility index (Phi) is 6.42. The zero-order valence-corrected chi connectivity index (χ0v) is 23.1. The number of aromatic nitrogens is 4. The van der Waals surface area contributed by atoms with Crippen LogP contribution in [0.5, 0.6) is 0 Å². The van der Waals surface area contributed by atoms with Gasteiger partial charge in [0.15, 0.2) is 5.82 Å². The number of nitrogens with zero attached hydrogens (tertiary/aromatic N) is 8. The Balaban J connectivity index is 1.33. The first-order chi connectivity index (χ1) is 19.5. The SMILES string of the molecule is C=C1CC=c2nc(C(=O)O)nc(N3CCCCC3c3cc4n(n3)C(N3CCOCC3)CC(N3CCC3)=N4)c2=C1C. The number of hydrogen-bond acceptors (Lipinski definition) is 9. The molecular weight excluding hydrogens is 508 g/mol. The molecule has 1 aliphatic carbocycles. The summed E-state index contributed by atoms with van der Waals surface area (Å²) in [7, 11) is 0. The third-order valence-electron chi connectivity index (χ3n) is 8.99. The Labute approximate surface area is 233 Å². The zero-order chi connectivity index (χ0) is 27.4. The van der Waals surface area contributed by atoms with Crippen LogP contribution >= 0.6 is 0 Å². The molecule has 3 saturated heterocycles. The molecule has 0 radical (unpaired) electrons. The largest absolute Gasteiger partial charge is 0.475 e. The van der Waals surface area contributed by atoms with E-state index in [1.807, 2.05) is 13.0 Å². The first-order valence-electron chi connectivity index (χ1n) is 14.5. The highest BCUT2D eigenvalue weighted by Gasteiger charge is 2.36. The van der Waals surface area contributed by atoms with Gasteiger partial charge in [0.05, 0.1) is 30.3 Å². The topological polar surface area (TPSA) is 112 Å². The van der Waals surface area contributed by atoms with Crippen molar-refractivity contribution in [2.45, 2.75) is 57.7 Å². The summed E-state index contributed by atoms with van der Waals surface area (Å²) in [6, 6.07) is 2.10. The molecule has 0 aromatic carbocycles. The van der Waals surface area contributed by atoms with Crippen molar-refractivity contribution >= 4 is 35.1 Å². The molecule has 6 heterocycles. The molecule has 11 nitrogen and oxygen atoms in total. The summed E-state index contributed by atoms with van der Waals surface area (Å²) in [6.07, 6.45) is 7.77. The molecule has 5 aliphatic rings. The van der Waals surface area contributed by atoms with E-state index in [0.717, 1.165) is 105 Å². The molecule has 0 saturated carbocycles. The molecule has 0 amide bonds. The second-order valence-electron chi connectivity index (χ2n) is 11.4. The summed E-state index contributed by atoms with van der Waals surface area (Å²) in [5.41, 5.74) is 2.99. The van der Waals surface area contributed by atoms with Crippen molar-refractivity contribution in [1.82, 2.24) is 29.5 Å². The quantitative estimate of drug-likeness (QED) is 0.618. The number of allylic oxidation sites excluding steroid dienone is 1. The number of aromatic carboxylic acids is 1. The van der Waals surface area contributed by atoms with Gasteiger partial charge in [-0.1, -0.05) is 12.7 Å².